The molecule has 1 aromatic heterocycles. The third-order valence-electron chi connectivity index (χ3n) is 3.73. The van der Waals surface area contributed by atoms with Crippen molar-refractivity contribution in [1.29, 1.82) is 0 Å². The molecule has 1 aliphatic carbocycles. The summed E-state index contributed by atoms with van der Waals surface area (Å²) < 4.78 is 1.80. The maximum Gasteiger partial charge on any atom is 0.209 e. The summed E-state index contributed by atoms with van der Waals surface area (Å²) >= 11 is 1.55. The number of aliphatic hydroxyl groups excluding tert-OH is 1. The molecule has 0 aromatic carbocycles. The Kier molecular flexibility index (Phi) is 6.75. The molecule has 6 nitrogen and oxygen atoms in total. The van der Waals surface area contributed by atoms with Crippen molar-refractivity contribution in [2.75, 3.05) is 18.8 Å². The van der Waals surface area contributed by atoms with Gasteiger partial charge in [0.2, 0.25) is 5.16 Å². The highest BCUT2D eigenvalue weighted by atomic mass is 32.2. The predicted molar refractivity (Wildman–Crippen MR) is 79.7 cm³/mol. The van der Waals surface area contributed by atoms with E-state index in [-0.39, 0.29) is 6.10 Å². The zero-order valence-electron chi connectivity index (χ0n) is 12.2. The van der Waals surface area contributed by atoms with Crippen molar-refractivity contribution in [1.82, 2.24) is 25.5 Å². The van der Waals surface area contributed by atoms with Crippen molar-refractivity contribution in [3.63, 3.8) is 0 Å². The van der Waals surface area contributed by atoms with Gasteiger partial charge in [-0.15, -0.1) is 5.10 Å². The average molecular weight is 299 g/mol. The Labute approximate surface area is 124 Å². The monoisotopic (exact) mass is 299 g/mol. The molecule has 1 unspecified atom stereocenters. The van der Waals surface area contributed by atoms with Crippen LogP contribution < -0.4 is 5.32 Å². The first-order valence-corrected chi connectivity index (χ1v) is 8.56. The number of nitrogens with zero attached hydrogens (tertiary/aromatic N) is 4. The molecule has 0 saturated heterocycles. The summed E-state index contributed by atoms with van der Waals surface area (Å²) in [4.78, 5) is 0. The van der Waals surface area contributed by atoms with Gasteiger partial charge in [-0.1, -0.05) is 44.4 Å². The molecule has 114 valence electrons. The summed E-state index contributed by atoms with van der Waals surface area (Å²) in [5.41, 5.74) is 0. The number of aliphatic hydroxyl groups is 1. The van der Waals surface area contributed by atoms with Gasteiger partial charge in [0.05, 0.1) is 12.6 Å². The van der Waals surface area contributed by atoms with Gasteiger partial charge >= 0.3 is 0 Å². The summed E-state index contributed by atoms with van der Waals surface area (Å²) in [5.74, 6) is 1.40. The highest BCUT2D eigenvalue weighted by Crippen LogP contribution is 2.29. The lowest BCUT2D eigenvalue weighted by Crippen LogP contribution is -2.20. The summed E-state index contributed by atoms with van der Waals surface area (Å²) in [6, 6.07) is 0. The first-order valence-electron chi connectivity index (χ1n) is 7.57. The van der Waals surface area contributed by atoms with E-state index in [1.807, 2.05) is 0 Å². The van der Waals surface area contributed by atoms with Crippen LogP contribution in [0, 0.1) is 5.92 Å². The second-order valence-corrected chi connectivity index (χ2v) is 6.38. The Bertz CT molecular complexity index is 381. The maximum absolute atomic E-state index is 10.1. The van der Waals surface area contributed by atoms with Crippen LogP contribution in [0.5, 0.6) is 0 Å². The molecular formula is C13H25N5OS. The van der Waals surface area contributed by atoms with Crippen LogP contribution in [0.15, 0.2) is 5.16 Å². The van der Waals surface area contributed by atoms with Crippen molar-refractivity contribution in [2.24, 2.45) is 5.92 Å². The van der Waals surface area contributed by atoms with E-state index >= 15 is 0 Å². The Morgan fingerprint density at radius 2 is 2.25 bits per heavy atom. The van der Waals surface area contributed by atoms with Gasteiger partial charge in [-0.05, 0) is 29.3 Å². The minimum atomic E-state index is -0.248. The average Bonchev–Trinajstić information content (AvgIpc) is 3.08. The van der Waals surface area contributed by atoms with E-state index < -0.39 is 0 Å². The number of thioether (sulfide) groups is 1. The Morgan fingerprint density at radius 1 is 1.45 bits per heavy atom. The normalized spacial score (nSPS) is 17.7. The molecule has 20 heavy (non-hydrogen) atoms. The van der Waals surface area contributed by atoms with E-state index in [9.17, 15) is 5.11 Å². The lowest BCUT2D eigenvalue weighted by Gasteiger charge is -2.14. The number of likely N-dealkylation sites (N-methyl/N-ethyl adjacent to an activating group) is 1. The summed E-state index contributed by atoms with van der Waals surface area (Å²) in [6.07, 6.45) is 5.89. The smallest absolute Gasteiger partial charge is 0.209 e. The van der Waals surface area contributed by atoms with E-state index in [0.717, 1.165) is 37.1 Å². The van der Waals surface area contributed by atoms with E-state index in [1.54, 1.807) is 16.4 Å². The van der Waals surface area contributed by atoms with Crippen LogP contribution in [0.4, 0.5) is 0 Å². The molecule has 2 N–H and O–H groups in total. The van der Waals surface area contributed by atoms with Gasteiger partial charge in [0.15, 0.2) is 0 Å². The Hall–Kier alpha value is -0.660. The third-order valence-corrected chi connectivity index (χ3v) is 4.84. The van der Waals surface area contributed by atoms with Gasteiger partial charge in [0.1, 0.15) is 0 Å². The van der Waals surface area contributed by atoms with Crippen molar-refractivity contribution >= 4 is 11.8 Å². The van der Waals surface area contributed by atoms with Crippen LogP contribution in [0.2, 0.25) is 0 Å². The van der Waals surface area contributed by atoms with Crippen LogP contribution in [0.3, 0.4) is 0 Å². The van der Waals surface area contributed by atoms with Crippen molar-refractivity contribution in [3.05, 3.63) is 0 Å². The highest BCUT2D eigenvalue weighted by Gasteiger charge is 2.19. The summed E-state index contributed by atoms with van der Waals surface area (Å²) in [5, 5.41) is 25.9. The second kappa shape index (κ2) is 8.59. The number of tetrazole rings is 1. The number of aromatic nitrogens is 4. The SMILES string of the molecule is CCNCCn1nnnc1SCC(O)CC1CCCC1. The first kappa shape index (κ1) is 15.7. The fourth-order valence-corrected chi connectivity index (χ4v) is 3.52. The zero-order chi connectivity index (χ0) is 14.2. The molecule has 1 atom stereocenters. The fourth-order valence-electron chi connectivity index (χ4n) is 2.67. The molecule has 0 bridgehead atoms. The van der Waals surface area contributed by atoms with Crippen LogP contribution in [0.1, 0.15) is 39.0 Å². The van der Waals surface area contributed by atoms with E-state index in [0.29, 0.717) is 5.75 Å². The summed E-state index contributed by atoms with van der Waals surface area (Å²) in [6.45, 7) is 4.65. The maximum atomic E-state index is 10.1. The highest BCUT2D eigenvalue weighted by molar-refractivity contribution is 7.99. The van der Waals surface area contributed by atoms with Gasteiger partial charge in [-0.25, -0.2) is 4.68 Å². The van der Waals surface area contributed by atoms with Gasteiger partial charge in [-0.2, -0.15) is 0 Å². The molecule has 2 rings (SSSR count). The number of nitrogens with one attached hydrogen (secondary N) is 1. The lowest BCUT2D eigenvalue weighted by molar-refractivity contribution is 0.165. The standard InChI is InChI=1S/C13H25N5OS/c1-2-14-7-8-18-13(15-16-17-18)20-10-12(19)9-11-5-3-4-6-11/h11-12,14,19H,2-10H2,1H3. The molecule has 1 aliphatic rings. The second-order valence-electron chi connectivity index (χ2n) is 5.39. The number of hydrogen-bond donors (Lipinski definition) is 2. The summed E-state index contributed by atoms with van der Waals surface area (Å²) in [7, 11) is 0. The lowest BCUT2D eigenvalue weighted by atomic mass is 10.0. The minimum Gasteiger partial charge on any atom is -0.392 e. The Balaban J connectivity index is 1.71. The first-order chi connectivity index (χ1) is 9.79. The predicted octanol–water partition coefficient (Wildman–Crippen LogP) is 1.32. The van der Waals surface area contributed by atoms with Gasteiger partial charge in [-0.3, -0.25) is 0 Å². The van der Waals surface area contributed by atoms with Crippen molar-refractivity contribution in [3.8, 4) is 0 Å². The Morgan fingerprint density at radius 3 is 3.00 bits per heavy atom. The van der Waals surface area contributed by atoms with Crippen LogP contribution >= 0.6 is 11.8 Å². The van der Waals surface area contributed by atoms with Crippen LogP contribution in [-0.4, -0.2) is 50.3 Å². The molecule has 7 heteroatoms. The topological polar surface area (TPSA) is 75.9 Å². The fraction of sp³-hybridized carbons (Fsp3) is 0.923. The van der Waals surface area contributed by atoms with E-state index in [1.165, 1.54) is 25.7 Å². The number of rotatable bonds is 9. The third kappa shape index (κ3) is 5.03. The molecular weight excluding hydrogens is 274 g/mol. The molecule has 0 aliphatic heterocycles. The zero-order valence-corrected chi connectivity index (χ0v) is 13.0. The van der Waals surface area contributed by atoms with Crippen LogP contribution in [0.25, 0.3) is 0 Å². The minimum absolute atomic E-state index is 0.248. The quantitative estimate of drug-likeness (QED) is 0.529. The molecule has 0 radical (unpaired) electrons. The van der Waals surface area contributed by atoms with Crippen LogP contribution in [-0.2, 0) is 6.54 Å². The largest absolute Gasteiger partial charge is 0.392 e. The molecule has 1 aromatic rings. The van der Waals surface area contributed by atoms with Gasteiger partial charge in [0, 0.05) is 12.3 Å². The van der Waals surface area contributed by atoms with Gasteiger partial charge < -0.3 is 10.4 Å². The molecule has 1 fully saturated rings. The molecule has 0 spiro atoms. The molecule has 1 saturated carbocycles. The van der Waals surface area contributed by atoms with Crippen molar-refractivity contribution < 1.29 is 5.11 Å². The molecule has 0 amide bonds. The van der Waals surface area contributed by atoms with Crippen molar-refractivity contribution in [2.45, 2.75) is 56.8 Å². The van der Waals surface area contributed by atoms with E-state index in [4.69, 9.17) is 0 Å². The van der Waals surface area contributed by atoms with Gasteiger partial charge in [0.25, 0.3) is 0 Å². The van der Waals surface area contributed by atoms with E-state index in [2.05, 4.69) is 27.8 Å². The number of hydrogen-bond acceptors (Lipinski definition) is 6. The molecule has 1 heterocycles.